The molecule has 1 saturated heterocycles. The smallest absolute Gasteiger partial charge is 0.253 e. The molecule has 0 unspecified atom stereocenters. The predicted molar refractivity (Wildman–Crippen MR) is 119 cm³/mol. The highest BCUT2D eigenvalue weighted by Gasteiger charge is 2.23. The maximum absolute atomic E-state index is 13.0. The number of para-hydroxylation sites is 1. The van der Waals surface area contributed by atoms with Gasteiger partial charge in [-0.2, -0.15) is 5.26 Å². The summed E-state index contributed by atoms with van der Waals surface area (Å²) in [7, 11) is 0. The number of carbonyl (C=O) groups is 1. The highest BCUT2D eigenvalue weighted by atomic mass is 16.1. The number of hydrogen-bond donors (Lipinski definition) is 1. The summed E-state index contributed by atoms with van der Waals surface area (Å²) >= 11 is 0. The van der Waals surface area contributed by atoms with Crippen LogP contribution in [0.3, 0.4) is 0 Å². The summed E-state index contributed by atoms with van der Waals surface area (Å²) < 4.78 is 2.13. The Balaban J connectivity index is 1.40. The minimum atomic E-state index is 0.00195. The van der Waals surface area contributed by atoms with Gasteiger partial charge in [-0.05, 0) is 69.2 Å². The zero-order valence-corrected chi connectivity index (χ0v) is 17.4. The number of hydrogen-bond acceptors (Lipinski definition) is 3. The van der Waals surface area contributed by atoms with Crippen LogP contribution in [0.15, 0.2) is 60.7 Å². The average Bonchev–Trinajstić information content (AvgIpc) is 3.09. The molecule has 1 N–H and O–H groups in total. The molecule has 1 aliphatic heterocycles. The van der Waals surface area contributed by atoms with E-state index >= 15 is 0 Å². The van der Waals surface area contributed by atoms with Crippen LogP contribution in [-0.2, 0) is 0 Å². The second-order valence-corrected chi connectivity index (χ2v) is 7.85. The van der Waals surface area contributed by atoms with Crippen molar-refractivity contribution in [2.24, 2.45) is 0 Å². The second-order valence-electron chi connectivity index (χ2n) is 7.85. The first kappa shape index (κ1) is 19.8. The Labute approximate surface area is 177 Å². The molecule has 5 nitrogen and oxygen atoms in total. The van der Waals surface area contributed by atoms with E-state index in [0.29, 0.717) is 5.56 Å². The maximum atomic E-state index is 13.0. The number of aryl methyl sites for hydroxylation is 1. The maximum Gasteiger partial charge on any atom is 0.253 e. The number of nitriles is 1. The van der Waals surface area contributed by atoms with E-state index in [1.807, 2.05) is 62.4 Å². The van der Waals surface area contributed by atoms with Crippen LogP contribution >= 0.6 is 0 Å². The third kappa shape index (κ3) is 3.95. The molecule has 5 heteroatoms. The fraction of sp³-hybridized carbons (Fsp3) is 0.280. The topological polar surface area (TPSA) is 61.1 Å². The van der Waals surface area contributed by atoms with Crippen LogP contribution in [0.2, 0.25) is 0 Å². The fourth-order valence-electron chi connectivity index (χ4n) is 4.26. The summed E-state index contributed by atoms with van der Waals surface area (Å²) in [4.78, 5) is 15.3. The van der Waals surface area contributed by atoms with E-state index in [0.717, 1.165) is 54.3 Å². The van der Waals surface area contributed by atoms with Crippen LogP contribution in [0.25, 0.3) is 5.69 Å². The molecule has 0 radical (unpaired) electrons. The van der Waals surface area contributed by atoms with Crippen molar-refractivity contribution >= 4 is 11.6 Å². The van der Waals surface area contributed by atoms with Gasteiger partial charge in [0.05, 0.1) is 17.2 Å². The quantitative estimate of drug-likeness (QED) is 0.710. The van der Waals surface area contributed by atoms with E-state index in [4.69, 9.17) is 5.26 Å². The van der Waals surface area contributed by atoms with Crippen LogP contribution in [0.1, 0.15) is 40.2 Å². The number of anilines is 1. The van der Waals surface area contributed by atoms with Crippen molar-refractivity contribution in [1.29, 1.82) is 5.26 Å². The molecule has 1 aromatic heterocycles. The van der Waals surface area contributed by atoms with Crippen molar-refractivity contribution in [3.05, 3.63) is 83.2 Å². The van der Waals surface area contributed by atoms with Crippen LogP contribution < -0.4 is 10.2 Å². The van der Waals surface area contributed by atoms with E-state index in [9.17, 15) is 4.79 Å². The van der Waals surface area contributed by atoms with Crippen molar-refractivity contribution in [3.63, 3.8) is 0 Å². The Morgan fingerprint density at radius 1 is 1.00 bits per heavy atom. The van der Waals surface area contributed by atoms with Crippen molar-refractivity contribution < 1.29 is 4.79 Å². The van der Waals surface area contributed by atoms with Gasteiger partial charge in [0.25, 0.3) is 5.91 Å². The standard InChI is InChI=1S/C25H26N4O/c1-18-16-24(19(2)29(18)23-6-4-3-5-7-23)25(30)27-21-12-14-28(15-13-21)22-10-8-20(17-26)9-11-22/h3-11,16,21H,12-15H2,1-2H3,(H,27,30). The number of nitrogens with one attached hydrogen (secondary N) is 1. The zero-order valence-electron chi connectivity index (χ0n) is 17.4. The van der Waals surface area contributed by atoms with E-state index < -0.39 is 0 Å². The summed E-state index contributed by atoms with van der Waals surface area (Å²) in [5.74, 6) is 0.00195. The van der Waals surface area contributed by atoms with Gasteiger partial charge in [0, 0.05) is 41.9 Å². The van der Waals surface area contributed by atoms with Crippen LogP contribution in [-0.4, -0.2) is 29.6 Å². The zero-order chi connectivity index (χ0) is 21.1. The van der Waals surface area contributed by atoms with E-state index in [2.05, 4.69) is 33.0 Å². The number of rotatable bonds is 4. The molecule has 0 atom stereocenters. The summed E-state index contributed by atoms with van der Waals surface area (Å²) in [6.45, 7) is 5.81. The van der Waals surface area contributed by atoms with Crippen LogP contribution in [0, 0.1) is 25.2 Å². The molecule has 2 aromatic carbocycles. The van der Waals surface area contributed by atoms with Crippen molar-refractivity contribution in [1.82, 2.24) is 9.88 Å². The van der Waals surface area contributed by atoms with Gasteiger partial charge in [0.1, 0.15) is 0 Å². The second kappa shape index (κ2) is 8.46. The average molecular weight is 399 g/mol. The lowest BCUT2D eigenvalue weighted by molar-refractivity contribution is 0.0930. The molecule has 3 aromatic rings. The van der Waals surface area contributed by atoms with Gasteiger partial charge in [-0.15, -0.1) is 0 Å². The minimum absolute atomic E-state index is 0.00195. The first-order chi connectivity index (χ1) is 14.6. The molecule has 1 fully saturated rings. The molecule has 0 bridgehead atoms. The van der Waals surface area contributed by atoms with E-state index in [-0.39, 0.29) is 11.9 Å². The number of carbonyl (C=O) groups excluding carboxylic acids is 1. The monoisotopic (exact) mass is 398 g/mol. The highest BCUT2D eigenvalue weighted by Crippen LogP contribution is 2.23. The Morgan fingerprint density at radius 2 is 1.67 bits per heavy atom. The molecule has 152 valence electrons. The fourth-order valence-corrected chi connectivity index (χ4v) is 4.26. The van der Waals surface area contributed by atoms with Gasteiger partial charge < -0.3 is 14.8 Å². The molecule has 1 amide bonds. The van der Waals surface area contributed by atoms with Crippen molar-refractivity contribution in [3.8, 4) is 11.8 Å². The predicted octanol–water partition coefficient (Wildman–Crippen LogP) is 4.36. The van der Waals surface area contributed by atoms with Gasteiger partial charge in [0.15, 0.2) is 0 Å². The first-order valence-electron chi connectivity index (χ1n) is 10.4. The number of piperidine rings is 1. The molecular weight excluding hydrogens is 372 g/mol. The van der Waals surface area contributed by atoms with Gasteiger partial charge in [-0.25, -0.2) is 0 Å². The number of aromatic nitrogens is 1. The van der Waals surface area contributed by atoms with E-state index in [1.165, 1.54) is 0 Å². The van der Waals surface area contributed by atoms with Gasteiger partial charge >= 0.3 is 0 Å². The van der Waals surface area contributed by atoms with Crippen molar-refractivity contribution in [2.75, 3.05) is 18.0 Å². The minimum Gasteiger partial charge on any atom is -0.371 e. The Kier molecular flexibility index (Phi) is 5.58. The molecule has 0 spiro atoms. The van der Waals surface area contributed by atoms with Crippen LogP contribution in [0.4, 0.5) is 5.69 Å². The summed E-state index contributed by atoms with van der Waals surface area (Å²) in [5, 5.41) is 12.2. The van der Waals surface area contributed by atoms with E-state index in [1.54, 1.807) is 0 Å². The van der Waals surface area contributed by atoms with Gasteiger partial charge in [-0.1, -0.05) is 18.2 Å². The normalized spacial score (nSPS) is 14.4. The molecule has 30 heavy (non-hydrogen) atoms. The third-order valence-corrected chi connectivity index (χ3v) is 5.88. The lowest BCUT2D eigenvalue weighted by Crippen LogP contribution is -2.44. The Bertz CT molecular complexity index is 1070. The summed E-state index contributed by atoms with van der Waals surface area (Å²) in [5.41, 5.74) is 5.64. The molecule has 0 saturated carbocycles. The summed E-state index contributed by atoms with van der Waals surface area (Å²) in [6, 6.07) is 22.1. The number of nitrogens with zero attached hydrogens (tertiary/aromatic N) is 3. The SMILES string of the molecule is Cc1cc(C(=O)NC2CCN(c3ccc(C#N)cc3)CC2)c(C)n1-c1ccccc1. The van der Waals surface area contributed by atoms with Crippen LogP contribution in [0.5, 0.6) is 0 Å². The Hall–Kier alpha value is -3.52. The third-order valence-electron chi connectivity index (χ3n) is 5.88. The highest BCUT2D eigenvalue weighted by molar-refractivity contribution is 5.96. The van der Waals surface area contributed by atoms with Gasteiger partial charge in [-0.3, -0.25) is 4.79 Å². The summed E-state index contributed by atoms with van der Waals surface area (Å²) in [6.07, 6.45) is 1.81. The Morgan fingerprint density at radius 3 is 2.30 bits per heavy atom. The van der Waals surface area contributed by atoms with Gasteiger partial charge in [0.2, 0.25) is 0 Å². The van der Waals surface area contributed by atoms with Crippen molar-refractivity contribution in [2.45, 2.75) is 32.7 Å². The molecule has 1 aliphatic rings. The lowest BCUT2D eigenvalue weighted by Gasteiger charge is -2.34. The molecule has 2 heterocycles. The molecular formula is C25H26N4O. The molecule has 4 rings (SSSR count). The largest absolute Gasteiger partial charge is 0.371 e. The lowest BCUT2D eigenvalue weighted by atomic mass is 10.0. The first-order valence-corrected chi connectivity index (χ1v) is 10.4. The number of amides is 1. The number of benzene rings is 2. The molecule has 0 aliphatic carbocycles.